The number of aromatic nitrogens is 6. The van der Waals surface area contributed by atoms with Gasteiger partial charge in [0.1, 0.15) is 23.8 Å². The predicted octanol–water partition coefficient (Wildman–Crippen LogP) is -2.10. The summed E-state index contributed by atoms with van der Waals surface area (Å²) in [5, 5.41) is 42.3. The summed E-state index contributed by atoms with van der Waals surface area (Å²) >= 11 is 0. The monoisotopic (exact) mass is 377 g/mol. The van der Waals surface area contributed by atoms with Crippen LogP contribution < -0.4 is 5.73 Å². The van der Waals surface area contributed by atoms with Gasteiger partial charge in [0.05, 0.1) is 24.7 Å². The molecular weight excluding hydrogens is 362 g/mol. The maximum atomic E-state index is 11.0. The number of carboxylic acid groups (broad SMARTS) is 1. The number of nitrogen functional groups attached to an aromatic ring is 1. The van der Waals surface area contributed by atoms with Gasteiger partial charge in [-0.3, -0.25) is 4.57 Å². The molecule has 1 fully saturated rings. The van der Waals surface area contributed by atoms with Crippen molar-refractivity contribution in [3.8, 4) is 5.95 Å². The van der Waals surface area contributed by atoms with Gasteiger partial charge >= 0.3 is 5.97 Å². The molecule has 142 valence electrons. The summed E-state index contributed by atoms with van der Waals surface area (Å²) in [6, 6.07) is 0. The summed E-state index contributed by atoms with van der Waals surface area (Å²) in [5.74, 6) is -1.17. The number of nitrogens with zero attached hydrogens (tertiary/aromatic N) is 6. The van der Waals surface area contributed by atoms with Gasteiger partial charge in [-0.2, -0.15) is 15.1 Å². The smallest absolute Gasteiger partial charge is 0.338 e. The SMILES string of the molecule is Nc1nc(-n2cc(C(=O)O)cn2)nc2c1ncn2[C@@H]1O[C@H](CO)[C@H](O)[C@H]1O. The van der Waals surface area contributed by atoms with E-state index in [1.54, 1.807) is 0 Å². The number of ether oxygens (including phenoxy) is 1. The van der Waals surface area contributed by atoms with Gasteiger partial charge in [0, 0.05) is 6.20 Å². The number of fused-ring (bicyclic) bond motifs is 1. The number of imidazole rings is 1. The number of hydrogen-bond donors (Lipinski definition) is 5. The number of carbonyl (C=O) groups is 1. The van der Waals surface area contributed by atoms with Gasteiger partial charge < -0.3 is 30.9 Å². The van der Waals surface area contributed by atoms with Crippen molar-refractivity contribution >= 4 is 23.0 Å². The van der Waals surface area contributed by atoms with Gasteiger partial charge in [0.15, 0.2) is 17.7 Å². The number of carboxylic acids is 1. The molecule has 1 aliphatic rings. The van der Waals surface area contributed by atoms with Crippen LogP contribution >= 0.6 is 0 Å². The van der Waals surface area contributed by atoms with Crippen LogP contribution in [0.4, 0.5) is 5.82 Å². The van der Waals surface area contributed by atoms with E-state index in [-0.39, 0.29) is 28.5 Å². The van der Waals surface area contributed by atoms with E-state index < -0.39 is 37.1 Å². The molecule has 13 heteroatoms. The van der Waals surface area contributed by atoms with Crippen LogP contribution in [0, 0.1) is 0 Å². The van der Waals surface area contributed by atoms with Crippen LogP contribution in [0.1, 0.15) is 16.6 Å². The topological polar surface area (TPSA) is 195 Å². The van der Waals surface area contributed by atoms with Gasteiger partial charge in [-0.05, 0) is 0 Å². The maximum Gasteiger partial charge on any atom is 0.338 e. The van der Waals surface area contributed by atoms with E-state index in [1.807, 2.05) is 0 Å². The van der Waals surface area contributed by atoms with E-state index in [2.05, 4.69) is 20.1 Å². The van der Waals surface area contributed by atoms with Crippen molar-refractivity contribution in [2.24, 2.45) is 0 Å². The first-order chi connectivity index (χ1) is 12.9. The lowest BCUT2D eigenvalue weighted by Crippen LogP contribution is -2.33. The Morgan fingerprint density at radius 3 is 2.70 bits per heavy atom. The average Bonchev–Trinajstić information content (AvgIpc) is 3.34. The Hall–Kier alpha value is -3.13. The van der Waals surface area contributed by atoms with Crippen LogP contribution in [-0.2, 0) is 4.74 Å². The van der Waals surface area contributed by atoms with Gasteiger partial charge in [0.25, 0.3) is 5.95 Å². The second-order valence-corrected chi connectivity index (χ2v) is 5.94. The molecule has 0 spiro atoms. The molecule has 3 aromatic rings. The summed E-state index contributed by atoms with van der Waals surface area (Å²) in [7, 11) is 0. The van der Waals surface area contributed by atoms with E-state index in [9.17, 15) is 20.1 Å². The molecule has 1 saturated heterocycles. The van der Waals surface area contributed by atoms with Crippen LogP contribution in [0.25, 0.3) is 17.1 Å². The first-order valence-electron chi connectivity index (χ1n) is 7.81. The zero-order chi connectivity index (χ0) is 19.3. The third kappa shape index (κ3) is 2.69. The second kappa shape index (κ2) is 6.24. The highest BCUT2D eigenvalue weighted by molar-refractivity contribution is 5.87. The lowest BCUT2D eigenvalue weighted by molar-refractivity contribution is -0.0511. The van der Waals surface area contributed by atoms with Crippen LogP contribution in [-0.4, -0.2) is 80.6 Å². The van der Waals surface area contributed by atoms with E-state index in [1.165, 1.54) is 17.1 Å². The van der Waals surface area contributed by atoms with Crippen molar-refractivity contribution in [2.75, 3.05) is 12.3 Å². The van der Waals surface area contributed by atoms with E-state index in [4.69, 9.17) is 15.6 Å². The highest BCUT2D eigenvalue weighted by Gasteiger charge is 2.44. The largest absolute Gasteiger partial charge is 0.478 e. The minimum Gasteiger partial charge on any atom is -0.478 e. The molecule has 0 aromatic carbocycles. The van der Waals surface area contributed by atoms with Crippen LogP contribution in [0.3, 0.4) is 0 Å². The van der Waals surface area contributed by atoms with E-state index >= 15 is 0 Å². The number of aliphatic hydroxyl groups is 3. The van der Waals surface area contributed by atoms with Gasteiger partial charge in [0.2, 0.25) is 0 Å². The molecule has 0 aliphatic carbocycles. The fourth-order valence-electron chi connectivity index (χ4n) is 2.87. The molecule has 0 radical (unpaired) electrons. The van der Waals surface area contributed by atoms with Crippen molar-refractivity contribution < 1.29 is 30.0 Å². The Morgan fingerprint density at radius 2 is 2.07 bits per heavy atom. The highest BCUT2D eigenvalue weighted by atomic mass is 16.6. The number of rotatable bonds is 4. The fraction of sp³-hybridized carbons (Fsp3) is 0.357. The van der Waals surface area contributed by atoms with Crippen LogP contribution in [0.5, 0.6) is 0 Å². The van der Waals surface area contributed by atoms with Gasteiger partial charge in [-0.1, -0.05) is 0 Å². The summed E-state index contributed by atoms with van der Waals surface area (Å²) < 4.78 is 7.96. The van der Waals surface area contributed by atoms with Crippen molar-refractivity contribution in [2.45, 2.75) is 24.5 Å². The lowest BCUT2D eigenvalue weighted by Gasteiger charge is -2.16. The molecule has 27 heavy (non-hydrogen) atoms. The Balaban J connectivity index is 1.80. The molecule has 4 atom stereocenters. The Morgan fingerprint density at radius 1 is 1.30 bits per heavy atom. The van der Waals surface area contributed by atoms with E-state index in [0.29, 0.717) is 0 Å². The summed E-state index contributed by atoms with van der Waals surface area (Å²) in [5.41, 5.74) is 6.25. The van der Waals surface area contributed by atoms with Crippen molar-refractivity contribution in [3.63, 3.8) is 0 Å². The normalized spacial score (nSPS) is 25.3. The zero-order valence-electron chi connectivity index (χ0n) is 13.6. The Kier molecular flexibility index (Phi) is 4.00. The molecule has 0 saturated carbocycles. The fourth-order valence-corrected chi connectivity index (χ4v) is 2.87. The number of anilines is 1. The molecule has 3 aromatic heterocycles. The van der Waals surface area contributed by atoms with Gasteiger partial charge in [-0.15, -0.1) is 0 Å². The molecular formula is C14H15N7O6. The standard InChI is InChI=1S/C14H15N7O6/c15-10-7-11(19-14(18-10)21-2-5(1-17-21)13(25)26)20(4-16-7)12-9(24)8(23)6(3-22)27-12/h1-2,4,6,8-9,12,22-24H,3H2,(H,25,26)(H2,15,18,19)/t6-,8+,9-,12-/m1/s1. The molecule has 0 amide bonds. The van der Waals surface area contributed by atoms with E-state index in [0.717, 1.165) is 10.9 Å². The number of aromatic carboxylic acids is 1. The molecule has 0 bridgehead atoms. The maximum absolute atomic E-state index is 11.0. The Bertz CT molecular complexity index is 1020. The highest BCUT2D eigenvalue weighted by Crippen LogP contribution is 2.32. The summed E-state index contributed by atoms with van der Waals surface area (Å²) in [6.45, 7) is -0.477. The first kappa shape index (κ1) is 17.3. The zero-order valence-corrected chi connectivity index (χ0v) is 13.6. The summed E-state index contributed by atoms with van der Waals surface area (Å²) in [4.78, 5) is 23.4. The Labute approximate surface area is 150 Å². The quantitative estimate of drug-likeness (QED) is 0.334. The molecule has 4 heterocycles. The molecule has 1 aliphatic heterocycles. The molecule has 6 N–H and O–H groups in total. The predicted molar refractivity (Wildman–Crippen MR) is 86.8 cm³/mol. The molecule has 4 rings (SSSR count). The molecule has 13 nitrogen and oxygen atoms in total. The van der Waals surface area contributed by atoms with Crippen LogP contribution in [0.2, 0.25) is 0 Å². The van der Waals surface area contributed by atoms with Crippen molar-refractivity contribution in [3.05, 3.63) is 24.3 Å². The number of aliphatic hydroxyl groups excluding tert-OH is 3. The van der Waals surface area contributed by atoms with Gasteiger partial charge in [-0.25, -0.2) is 14.5 Å². The summed E-state index contributed by atoms with van der Waals surface area (Å²) in [6.07, 6.45) is -0.985. The second-order valence-electron chi connectivity index (χ2n) is 5.94. The van der Waals surface area contributed by atoms with Crippen molar-refractivity contribution in [1.82, 2.24) is 29.3 Å². The minimum atomic E-state index is -1.33. The molecule has 0 unspecified atom stereocenters. The lowest BCUT2D eigenvalue weighted by atomic mass is 10.1. The first-order valence-corrected chi connectivity index (χ1v) is 7.81. The third-order valence-electron chi connectivity index (χ3n) is 4.26. The van der Waals surface area contributed by atoms with Crippen molar-refractivity contribution in [1.29, 1.82) is 0 Å². The average molecular weight is 377 g/mol. The number of nitrogens with two attached hydrogens (primary N) is 1. The van der Waals surface area contributed by atoms with Crippen LogP contribution in [0.15, 0.2) is 18.7 Å². The number of hydrogen-bond acceptors (Lipinski definition) is 10. The minimum absolute atomic E-state index is 0.00729. The third-order valence-corrected chi connectivity index (χ3v) is 4.26.